The molecule has 0 bridgehead atoms. The van der Waals surface area contributed by atoms with Crippen molar-refractivity contribution in [2.45, 2.75) is 0 Å². The molecule has 0 aliphatic heterocycles. The van der Waals surface area contributed by atoms with E-state index in [-0.39, 0.29) is 0 Å². The molecule has 0 fully saturated rings. The van der Waals surface area contributed by atoms with Gasteiger partial charge in [0.2, 0.25) is 0 Å². The molecule has 5 rings (SSSR count). The third-order valence-corrected chi connectivity index (χ3v) is 5.22. The molecule has 2 heteroatoms. The van der Waals surface area contributed by atoms with E-state index < -0.39 is 0 Å². The molecule has 4 aromatic carbocycles. The van der Waals surface area contributed by atoms with Crippen molar-refractivity contribution in [1.82, 2.24) is 9.55 Å². The van der Waals surface area contributed by atoms with Crippen LogP contribution in [0.5, 0.6) is 0 Å². The Labute approximate surface area is 164 Å². The molecule has 5 aromatic rings. The zero-order valence-electron chi connectivity index (χ0n) is 15.7. The summed E-state index contributed by atoms with van der Waals surface area (Å²) in [5.74, 6) is 0.974. The Hall–Kier alpha value is -3.65. The highest BCUT2D eigenvalue weighted by molar-refractivity contribution is 5.99. The molecule has 0 saturated heterocycles. The van der Waals surface area contributed by atoms with Crippen LogP contribution in [0.3, 0.4) is 0 Å². The Morgan fingerprint density at radius 3 is 1.96 bits per heavy atom. The Kier molecular flexibility index (Phi) is 4.02. The second-order valence-corrected chi connectivity index (χ2v) is 6.95. The Morgan fingerprint density at radius 1 is 0.607 bits per heavy atom. The lowest BCUT2D eigenvalue weighted by atomic mass is 9.99. The van der Waals surface area contributed by atoms with E-state index in [1.807, 2.05) is 6.07 Å². The number of nitrogens with zero attached hydrogens (tertiary/aromatic N) is 2. The fourth-order valence-corrected chi connectivity index (χ4v) is 3.89. The molecule has 28 heavy (non-hydrogen) atoms. The van der Waals surface area contributed by atoms with Gasteiger partial charge in [-0.25, -0.2) is 4.98 Å². The monoisotopic (exact) mass is 360 g/mol. The lowest BCUT2D eigenvalue weighted by Crippen LogP contribution is -1.95. The molecule has 0 unspecified atom stereocenters. The lowest BCUT2D eigenvalue weighted by molar-refractivity contribution is 0.933. The number of benzene rings is 4. The van der Waals surface area contributed by atoms with Gasteiger partial charge in [0, 0.05) is 23.7 Å². The average molecular weight is 360 g/mol. The summed E-state index contributed by atoms with van der Waals surface area (Å²) >= 11 is 0. The van der Waals surface area contributed by atoms with Crippen molar-refractivity contribution in [3.63, 3.8) is 0 Å². The maximum Gasteiger partial charge on any atom is 0.140 e. The number of rotatable bonds is 3. The summed E-state index contributed by atoms with van der Waals surface area (Å²) in [6.07, 6.45) is 0. The summed E-state index contributed by atoms with van der Waals surface area (Å²) in [4.78, 5) is 5.14. The van der Waals surface area contributed by atoms with Gasteiger partial charge in [0.05, 0.1) is 11.4 Å². The molecule has 0 saturated carbocycles. The first kappa shape index (κ1) is 16.5. The fraction of sp³-hybridized carbons (Fsp3) is 0.0385. The number of hydrogen-bond donors (Lipinski definition) is 0. The lowest BCUT2D eigenvalue weighted by Gasteiger charge is -2.09. The van der Waals surface area contributed by atoms with E-state index in [9.17, 15) is 0 Å². The summed E-state index contributed by atoms with van der Waals surface area (Å²) in [6, 6.07) is 35.9. The predicted molar refractivity (Wildman–Crippen MR) is 117 cm³/mol. The van der Waals surface area contributed by atoms with E-state index in [0.29, 0.717) is 0 Å². The first-order valence-corrected chi connectivity index (χ1v) is 9.48. The van der Waals surface area contributed by atoms with Crippen molar-refractivity contribution in [2.24, 2.45) is 7.05 Å². The second kappa shape index (κ2) is 6.82. The molecule has 134 valence electrons. The zero-order chi connectivity index (χ0) is 18.9. The van der Waals surface area contributed by atoms with Gasteiger partial charge in [-0.15, -0.1) is 0 Å². The molecule has 0 amide bonds. The summed E-state index contributed by atoms with van der Waals surface area (Å²) in [5.41, 5.74) is 5.60. The standard InChI is InChI=1S/C26H20N2/c1-28-25(20-12-4-2-5-13-20)24(27-26(28)21-14-6-3-7-15-21)23-18-10-16-19-11-8-9-17-22(19)23/h2-18H,1H3. The van der Waals surface area contributed by atoms with E-state index >= 15 is 0 Å². The van der Waals surface area contributed by atoms with Crippen molar-refractivity contribution >= 4 is 10.8 Å². The number of imidazole rings is 1. The van der Waals surface area contributed by atoms with E-state index in [2.05, 4.69) is 109 Å². The fourth-order valence-electron chi connectivity index (χ4n) is 3.89. The van der Waals surface area contributed by atoms with Crippen LogP contribution >= 0.6 is 0 Å². The van der Waals surface area contributed by atoms with Crippen LogP contribution in [-0.4, -0.2) is 9.55 Å². The largest absolute Gasteiger partial charge is 0.327 e. The summed E-state index contributed by atoms with van der Waals surface area (Å²) < 4.78 is 2.21. The molecule has 2 nitrogen and oxygen atoms in total. The number of fused-ring (bicyclic) bond motifs is 1. The minimum absolute atomic E-state index is 0.974. The van der Waals surface area contributed by atoms with Crippen LogP contribution in [0.2, 0.25) is 0 Å². The summed E-state index contributed by atoms with van der Waals surface area (Å²) in [6.45, 7) is 0. The Balaban J connectivity index is 1.84. The van der Waals surface area contributed by atoms with E-state index in [0.717, 1.165) is 28.3 Å². The third-order valence-electron chi connectivity index (χ3n) is 5.22. The van der Waals surface area contributed by atoms with E-state index in [1.54, 1.807) is 0 Å². The van der Waals surface area contributed by atoms with Gasteiger partial charge in [0.1, 0.15) is 5.82 Å². The highest BCUT2D eigenvalue weighted by Crippen LogP contribution is 2.38. The second-order valence-electron chi connectivity index (χ2n) is 6.95. The SMILES string of the molecule is Cn1c(-c2ccccc2)nc(-c2cccc3ccccc23)c1-c1ccccc1. The minimum atomic E-state index is 0.974. The van der Waals surface area contributed by atoms with E-state index in [4.69, 9.17) is 4.98 Å². The average Bonchev–Trinajstić information content (AvgIpc) is 3.11. The minimum Gasteiger partial charge on any atom is -0.327 e. The topological polar surface area (TPSA) is 17.8 Å². The van der Waals surface area contributed by atoms with Gasteiger partial charge in [0.15, 0.2) is 0 Å². The molecule has 0 atom stereocenters. The molecule has 0 aliphatic carbocycles. The van der Waals surface area contributed by atoms with Gasteiger partial charge in [-0.05, 0) is 10.8 Å². The number of hydrogen-bond acceptors (Lipinski definition) is 1. The number of aromatic nitrogens is 2. The molecule has 0 spiro atoms. The predicted octanol–water partition coefficient (Wildman–Crippen LogP) is 6.57. The Bertz CT molecular complexity index is 1250. The summed E-state index contributed by atoms with van der Waals surface area (Å²) in [7, 11) is 2.10. The Morgan fingerprint density at radius 2 is 1.21 bits per heavy atom. The van der Waals surface area contributed by atoms with Crippen LogP contribution in [0.4, 0.5) is 0 Å². The molecule has 1 aromatic heterocycles. The first-order valence-electron chi connectivity index (χ1n) is 9.48. The molecule has 0 radical (unpaired) electrons. The van der Waals surface area contributed by atoms with Crippen LogP contribution in [0, 0.1) is 0 Å². The van der Waals surface area contributed by atoms with E-state index in [1.165, 1.54) is 16.3 Å². The van der Waals surface area contributed by atoms with Gasteiger partial charge in [-0.2, -0.15) is 0 Å². The van der Waals surface area contributed by atoms with Crippen LogP contribution in [-0.2, 0) is 7.05 Å². The van der Waals surface area contributed by atoms with Gasteiger partial charge >= 0.3 is 0 Å². The van der Waals surface area contributed by atoms with Gasteiger partial charge in [-0.1, -0.05) is 103 Å². The van der Waals surface area contributed by atoms with Gasteiger partial charge < -0.3 is 4.57 Å². The molecule has 0 N–H and O–H groups in total. The van der Waals surface area contributed by atoms with Crippen LogP contribution in [0.25, 0.3) is 44.7 Å². The van der Waals surface area contributed by atoms with Crippen molar-refractivity contribution in [1.29, 1.82) is 0 Å². The molecule has 0 aliphatic rings. The first-order chi connectivity index (χ1) is 13.8. The van der Waals surface area contributed by atoms with Crippen molar-refractivity contribution in [2.75, 3.05) is 0 Å². The molecular weight excluding hydrogens is 340 g/mol. The van der Waals surface area contributed by atoms with Crippen molar-refractivity contribution in [3.05, 3.63) is 103 Å². The quantitative estimate of drug-likeness (QED) is 0.355. The van der Waals surface area contributed by atoms with Crippen LogP contribution in [0.15, 0.2) is 103 Å². The van der Waals surface area contributed by atoms with Gasteiger partial charge in [0.25, 0.3) is 0 Å². The highest BCUT2D eigenvalue weighted by Gasteiger charge is 2.20. The van der Waals surface area contributed by atoms with Gasteiger partial charge in [-0.3, -0.25) is 0 Å². The smallest absolute Gasteiger partial charge is 0.140 e. The van der Waals surface area contributed by atoms with Crippen LogP contribution < -0.4 is 0 Å². The maximum absolute atomic E-state index is 5.14. The van der Waals surface area contributed by atoms with Crippen molar-refractivity contribution < 1.29 is 0 Å². The third kappa shape index (κ3) is 2.71. The normalized spacial score (nSPS) is 11.0. The van der Waals surface area contributed by atoms with Crippen LogP contribution in [0.1, 0.15) is 0 Å². The zero-order valence-corrected chi connectivity index (χ0v) is 15.7. The molecule has 1 heterocycles. The highest BCUT2D eigenvalue weighted by atomic mass is 15.1. The summed E-state index contributed by atoms with van der Waals surface area (Å²) in [5, 5.41) is 2.45. The molecular formula is C26H20N2. The van der Waals surface area contributed by atoms with Crippen molar-refractivity contribution in [3.8, 4) is 33.9 Å². The maximum atomic E-state index is 5.14.